The van der Waals surface area contributed by atoms with E-state index < -0.39 is 0 Å². The summed E-state index contributed by atoms with van der Waals surface area (Å²) in [6, 6.07) is 14.4. The number of carbonyl (C=O) groups excluding carboxylic acids is 1. The first-order chi connectivity index (χ1) is 16.5. The van der Waals surface area contributed by atoms with E-state index in [1.165, 1.54) is 28.0 Å². The van der Waals surface area contributed by atoms with Crippen LogP contribution in [0, 0.1) is 20.8 Å². The van der Waals surface area contributed by atoms with E-state index in [1.54, 1.807) is 0 Å². The molecular formula is C26H27N5O2S. The normalized spacial score (nSPS) is 14.5. The molecule has 2 aromatic carbocycles. The molecule has 5 rings (SSSR count). The lowest BCUT2D eigenvalue weighted by Gasteiger charge is -2.33. The van der Waals surface area contributed by atoms with Crippen molar-refractivity contribution in [2.24, 2.45) is 0 Å². The second kappa shape index (κ2) is 9.48. The number of hydrogen-bond donors (Lipinski definition) is 0. The van der Waals surface area contributed by atoms with E-state index in [4.69, 9.17) is 4.52 Å². The maximum Gasteiger partial charge on any atom is 0.273 e. The Morgan fingerprint density at radius 1 is 0.971 bits per heavy atom. The molecule has 0 unspecified atom stereocenters. The second-order valence-electron chi connectivity index (χ2n) is 8.80. The van der Waals surface area contributed by atoms with Crippen LogP contribution in [0.2, 0.25) is 0 Å². The summed E-state index contributed by atoms with van der Waals surface area (Å²) in [6.07, 6.45) is 0. The van der Waals surface area contributed by atoms with E-state index in [2.05, 4.69) is 52.1 Å². The zero-order valence-electron chi connectivity index (χ0n) is 19.6. The molecule has 1 saturated heterocycles. The first-order valence-corrected chi connectivity index (χ1v) is 12.3. The molecule has 8 heteroatoms. The molecule has 1 fully saturated rings. The average Bonchev–Trinajstić information content (AvgIpc) is 3.50. The number of nitrogens with zero attached hydrogens (tertiary/aromatic N) is 5. The monoisotopic (exact) mass is 473 g/mol. The van der Waals surface area contributed by atoms with Crippen molar-refractivity contribution < 1.29 is 9.32 Å². The summed E-state index contributed by atoms with van der Waals surface area (Å²) < 4.78 is 5.47. The van der Waals surface area contributed by atoms with Crippen molar-refractivity contribution in [2.45, 2.75) is 27.3 Å². The number of carbonyl (C=O) groups is 1. The Morgan fingerprint density at radius 3 is 2.44 bits per heavy atom. The van der Waals surface area contributed by atoms with Crippen molar-refractivity contribution in [2.75, 3.05) is 26.2 Å². The van der Waals surface area contributed by atoms with Gasteiger partial charge in [-0.3, -0.25) is 9.69 Å². The quantitative estimate of drug-likeness (QED) is 0.417. The minimum Gasteiger partial charge on any atom is -0.338 e. The van der Waals surface area contributed by atoms with Gasteiger partial charge in [0.25, 0.3) is 5.91 Å². The van der Waals surface area contributed by atoms with Crippen molar-refractivity contribution in [3.8, 4) is 22.0 Å². The van der Waals surface area contributed by atoms with Crippen LogP contribution in [0.1, 0.15) is 33.1 Å². The van der Waals surface area contributed by atoms with Crippen LogP contribution >= 0.6 is 11.3 Å². The largest absolute Gasteiger partial charge is 0.338 e. The van der Waals surface area contributed by atoms with Crippen molar-refractivity contribution in [1.29, 1.82) is 0 Å². The molecule has 0 saturated carbocycles. The third kappa shape index (κ3) is 4.78. The van der Waals surface area contributed by atoms with Crippen molar-refractivity contribution in [3.63, 3.8) is 0 Å². The predicted molar refractivity (Wildman–Crippen MR) is 133 cm³/mol. The fourth-order valence-electron chi connectivity index (χ4n) is 4.15. The summed E-state index contributed by atoms with van der Waals surface area (Å²) in [4.78, 5) is 26.3. The fraction of sp³-hybridized carbons (Fsp3) is 0.308. The number of hydrogen-bond acceptors (Lipinski definition) is 7. The van der Waals surface area contributed by atoms with Gasteiger partial charge in [0.1, 0.15) is 10.7 Å². The van der Waals surface area contributed by atoms with Gasteiger partial charge in [0.15, 0.2) is 0 Å². The van der Waals surface area contributed by atoms with Crippen LogP contribution < -0.4 is 0 Å². The molecule has 0 spiro atoms. The van der Waals surface area contributed by atoms with Crippen LogP contribution in [0.5, 0.6) is 0 Å². The van der Waals surface area contributed by atoms with Gasteiger partial charge in [0.2, 0.25) is 11.7 Å². The molecule has 4 aromatic rings. The van der Waals surface area contributed by atoms with Crippen LogP contribution in [-0.2, 0) is 6.54 Å². The Labute approximate surface area is 203 Å². The number of amides is 1. The third-order valence-corrected chi connectivity index (χ3v) is 7.01. The van der Waals surface area contributed by atoms with E-state index >= 15 is 0 Å². The second-order valence-corrected chi connectivity index (χ2v) is 9.66. The van der Waals surface area contributed by atoms with Gasteiger partial charge >= 0.3 is 0 Å². The first kappa shape index (κ1) is 22.4. The molecule has 0 aliphatic carbocycles. The highest BCUT2D eigenvalue weighted by Crippen LogP contribution is 2.28. The minimum absolute atomic E-state index is 0.00800. The van der Waals surface area contributed by atoms with Gasteiger partial charge in [-0.15, -0.1) is 11.3 Å². The van der Waals surface area contributed by atoms with Crippen LogP contribution in [0.15, 0.2) is 52.4 Å². The standard InChI is InChI=1S/C26H27N5O2S/c1-17-4-7-20(8-5-17)24-28-23(33-29-24)15-30-10-12-31(13-11-30)26(32)22-16-34-25(27-22)21-9-6-18(2)14-19(21)3/h4-9,14,16H,10-13,15H2,1-3H3. The molecule has 0 radical (unpaired) electrons. The van der Waals surface area contributed by atoms with Gasteiger partial charge in [-0.2, -0.15) is 4.98 Å². The van der Waals surface area contributed by atoms with Crippen LogP contribution in [0.3, 0.4) is 0 Å². The topological polar surface area (TPSA) is 75.4 Å². The number of rotatable bonds is 5. The molecule has 174 valence electrons. The van der Waals surface area contributed by atoms with Gasteiger partial charge in [-0.25, -0.2) is 4.98 Å². The molecule has 0 atom stereocenters. The number of piperazine rings is 1. The predicted octanol–water partition coefficient (Wildman–Crippen LogP) is 4.74. The van der Waals surface area contributed by atoms with Gasteiger partial charge < -0.3 is 9.42 Å². The third-order valence-electron chi connectivity index (χ3n) is 6.13. The fourth-order valence-corrected chi connectivity index (χ4v) is 5.03. The summed E-state index contributed by atoms with van der Waals surface area (Å²) in [5, 5.41) is 6.88. The van der Waals surface area contributed by atoms with E-state index in [1.807, 2.05) is 41.5 Å². The summed E-state index contributed by atoms with van der Waals surface area (Å²) in [5.41, 5.74) is 6.14. The Morgan fingerprint density at radius 2 is 1.71 bits per heavy atom. The number of aromatic nitrogens is 3. The van der Waals surface area contributed by atoms with Gasteiger partial charge in [-0.1, -0.05) is 58.7 Å². The summed E-state index contributed by atoms with van der Waals surface area (Å²) in [6.45, 7) is 9.58. The van der Waals surface area contributed by atoms with Crippen molar-refractivity contribution in [1.82, 2.24) is 24.9 Å². The van der Waals surface area contributed by atoms with E-state index in [0.29, 0.717) is 37.0 Å². The summed E-state index contributed by atoms with van der Waals surface area (Å²) >= 11 is 1.52. The number of aryl methyl sites for hydroxylation is 3. The maximum atomic E-state index is 13.0. The van der Waals surface area contributed by atoms with Crippen molar-refractivity contribution >= 4 is 17.2 Å². The first-order valence-electron chi connectivity index (χ1n) is 11.4. The minimum atomic E-state index is -0.00800. The van der Waals surface area contributed by atoms with E-state index in [-0.39, 0.29) is 5.91 Å². The van der Waals surface area contributed by atoms with Crippen LogP contribution in [0.25, 0.3) is 22.0 Å². The van der Waals surface area contributed by atoms with Gasteiger partial charge in [-0.05, 0) is 26.3 Å². The molecule has 1 aliphatic heterocycles. The maximum absolute atomic E-state index is 13.0. The molecule has 1 amide bonds. The molecule has 0 N–H and O–H groups in total. The molecule has 1 aliphatic rings. The molecule has 7 nitrogen and oxygen atoms in total. The van der Waals surface area contributed by atoms with Gasteiger partial charge in [0.05, 0.1) is 6.54 Å². The lowest BCUT2D eigenvalue weighted by molar-refractivity contribution is 0.0610. The Kier molecular flexibility index (Phi) is 6.26. The molecule has 0 bridgehead atoms. The van der Waals surface area contributed by atoms with Crippen molar-refractivity contribution in [3.05, 3.63) is 76.1 Å². The summed E-state index contributed by atoms with van der Waals surface area (Å²) in [7, 11) is 0. The number of thiazole rings is 1. The smallest absolute Gasteiger partial charge is 0.273 e. The zero-order valence-corrected chi connectivity index (χ0v) is 20.4. The SMILES string of the molecule is Cc1ccc(-c2noc(CN3CCN(C(=O)c4csc(-c5ccc(C)cc5C)n4)CC3)n2)cc1. The lowest BCUT2D eigenvalue weighted by Crippen LogP contribution is -2.48. The van der Waals surface area contributed by atoms with Crippen LogP contribution in [-0.4, -0.2) is 57.0 Å². The molecular weight excluding hydrogens is 446 g/mol. The van der Waals surface area contributed by atoms with Crippen LogP contribution in [0.4, 0.5) is 0 Å². The average molecular weight is 474 g/mol. The Balaban J connectivity index is 1.18. The highest BCUT2D eigenvalue weighted by Gasteiger charge is 2.25. The van der Waals surface area contributed by atoms with Gasteiger partial charge in [0, 0.05) is 42.7 Å². The Hall–Kier alpha value is -3.36. The molecule has 34 heavy (non-hydrogen) atoms. The molecule has 3 heterocycles. The van der Waals surface area contributed by atoms with E-state index in [9.17, 15) is 4.79 Å². The summed E-state index contributed by atoms with van der Waals surface area (Å²) in [5.74, 6) is 1.19. The lowest BCUT2D eigenvalue weighted by atomic mass is 10.1. The number of benzene rings is 2. The van der Waals surface area contributed by atoms with E-state index in [0.717, 1.165) is 29.2 Å². The Bertz CT molecular complexity index is 1300. The highest BCUT2D eigenvalue weighted by molar-refractivity contribution is 7.13. The molecule has 2 aromatic heterocycles. The zero-order chi connectivity index (χ0) is 23.7. The highest BCUT2D eigenvalue weighted by atomic mass is 32.1.